The zero-order valence-corrected chi connectivity index (χ0v) is 13.5. The molecule has 1 amide bonds. The highest BCUT2D eigenvalue weighted by molar-refractivity contribution is 5.89. The molecule has 0 aromatic heterocycles. The van der Waals surface area contributed by atoms with E-state index >= 15 is 0 Å². The minimum absolute atomic E-state index is 0.410. The molecule has 0 bridgehead atoms. The molecule has 0 atom stereocenters. The van der Waals surface area contributed by atoms with E-state index in [1.165, 1.54) is 0 Å². The first kappa shape index (κ1) is 17.1. The van der Waals surface area contributed by atoms with Crippen LogP contribution in [0.4, 0.5) is 10.5 Å². The zero-order chi connectivity index (χ0) is 16.0. The predicted octanol–water partition coefficient (Wildman–Crippen LogP) is 4.68. The molecule has 1 aromatic rings. The molecule has 21 heavy (non-hydrogen) atoms. The normalized spacial score (nSPS) is 11.1. The molecule has 0 aliphatic rings. The van der Waals surface area contributed by atoms with E-state index < -0.39 is 11.7 Å². The predicted molar refractivity (Wildman–Crippen MR) is 86.1 cm³/mol. The van der Waals surface area contributed by atoms with Gasteiger partial charge in [0, 0.05) is 5.56 Å². The lowest BCUT2D eigenvalue weighted by Crippen LogP contribution is -2.27. The van der Waals surface area contributed by atoms with E-state index in [-0.39, 0.29) is 0 Å². The van der Waals surface area contributed by atoms with Crippen LogP contribution in [0.1, 0.15) is 40.2 Å². The van der Waals surface area contributed by atoms with Gasteiger partial charge in [-0.3, -0.25) is 5.32 Å². The fraction of sp³-hybridized carbons (Fsp3) is 0.471. The number of anilines is 1. The molecular weight excluding hydrogens is 266 g/mol. The second kappa shape index (κ2) is 7.16. The van der Waals surface area contributed by atoms with Gasteiger partial charge in [0.1, 0.15) is 11.4 Å². The van der Waals surface area contributed by atoms with Crippen molar-refractivity contribution in [1.29, 1.82) is 0 Å². The first-order valence-electron chi connectivity index (χ1n) is 7.10. The van der Waals surface area contributed by atoms with Crippen LogP contribution >= 0.6 is 0 Å². The third kappa shape index (κ3) is 6.34. The van der Waals surface area contributed by atoms with Gasteiger partial charge in [-0.15, -0.1) is 0 Å². The summed E-state index contributed by atoms with van der Waals surface area (Å²) in [5.41, 5.74) is 0.842. The van der Waals surface area contributed by atoms with Crippen LogP contribution in [0.5, 0.6) is 0 Å². The Morgan fingerprint density at radius 1 is 1.29 bits per heavy atom. The van der Waals surface area contributed by atoms with Gasteiger partial charge in [-0.1, -0.05) is 32.6 Å². The molecule has 0 aliphatic carbocycles. The molecule has 1 rings (SSSR count). The summed E-state index contributed by atoms with van der Waals surface area (Å²) in [6.07, 6.45) is -0.494. The van der Waals surface area contributed by atoms with Gasteiger partial charge in [-0.25, -0.2) is 4.79 Å². The average Bonchev–Trinajstić information content (AvgIpc) is 2.34. The molecule has 0 aliphatic heterocycles. The molecule has 0 saturated carbocycles. The van der Waals surface area contributed by atoms with Crippen molar-refractivity contribution in [3.63, 3.8) is 0 Å². The first-order chi connectivity index (χ1) is 9.69. The van der Waals surface area contributed by atoms with Crippen molar-refractivity contribution in [2.45, 2.75) is 40.2 Å². The maximum atomic E-state index is 11.9. The van der Waals surface area contributed by atoms with E-state index in [0.717, 1.165) is 5.56 Å². The molecule has 0 radical (unpaired) electrons. The average molecular weight is 291 g/mol. The molecule has 0 heterocycles. The second-order valence-electron chi connectivity index (χ2n) is 6.30. The van der Waals surface area contributed by atoms with Crippen LogP contribution in [-0.4, -0.2) is 18.3 Å². The summed E-state index contributed by atoms with van der Waals surface area (Å²) in [5, 5.41) is 2.73. The fourth-order valence-electron chi connectivity index (χ4n) is 1.59. The summed E-state index contributed by atoms with van der Waals surface area (Å²) < 4.78 is 10.9. The van der Waals surface area contributed by atoms with E-state index in [2.05, 4.69) is 25.7 Å². The Morgan fingerprint density at radius 2 is 1.90 bits per heavy atom. The van der Waals surface area contributed by atoms with Gasteiger partial charge in [-0.2, -0.15) is 0 Å². The van der Waals surface area contributed by atoms with E-state index in [1.807, 2.05) is 39.0 Å². The number of ether oxygens (including phenoxy) is 2. The van der Waals surface area contributed by atoms with Gasteiger partial charge in [0.15, 0.2) is 0 Å². The Kier molecular flexibility index (Phi) is 5.82. The van der Waals surface area contributed by atoms with Crippen molar-refractivity contribution >= 4 is 17.5 Å². The number of hydrogen-bond acceptors (Lipinski definition) is 3. The molecule has 1 N–H and O–H groups in total. The molecule has 1 aromatic carbocycles. The van der Waals surface area contributed by atoms with Crippen LogP contribution in [0.25, 0.3) is 5.76 Å². The highest BCUT2D eigenvalue weighted by Gasteiger charge is 2.17. The monoisotopic (exact) mass is 291 g/mol. The van der Waals surface area contributed by atoms with Gasteiger partial charge < -0.3 is 9.47 Å². The number of rotatable bonds is 5. The minimum Gasteiger partial charge on any atom is -0.493 e. The van der Waals surface area contributed by atoms with E-state index in [4.69, 9.17) is 9.47 Å². The minimum atomic E-state index is -0.538. The quantitative estimate of drug-likeness (QED) is 0.801. The Balaban J connectivity index is 2.80. The van der Waals surface area contributed by atoms with Crippen molar-refractivity contribution < 1.29 is 14.3 Å². The standard InChI is InChI=1S/C17H25NO3/c1-12(2)11-20-13(3)14-9-7-8-10-15(14)18-16(19)21-17(4,5)6/h7-10,12H,3,11H2,1-2,4-6H3,(H,18,19). The summed E-state index contributed by atoms with van der Waals surface area (Å²) in [6.45, 7) is 14.1. The van der Waals surface area contributed by atoms with Crippen LogP contribution in [-0.2, 0) is 9.47 Å². The maximum Gasteiger partial charge on any atom is 0.412 e. The molecule has 4 nitrogen and oxygen atoms in total. The van der Waals surface area contributed by atoms with Gasteiger partial charge in [0.2, 0.25) is 0 Å². The van der Waals surface area contributed by atoms with Crippen molar-refractivity contribution in [3.05, 3.63) is 36.4 Å². The second-order valence-corrected chi connectivity index (χ2v) is 6.30. The highest BCUT2D eigenvalue weighted by Crippen LogP contribution is 2.24. The van der Waals surface area contributed by atoms with Crippen LogP contribution in [0.2, 0.25) is 0 Å². The van der Waals surface area contributed by atoms with Crippen molar-refractivity contribution in [2.75, 3.05) is 11.9 Å². The van der Waals surface area contributed by atoms with E-state index in [1.54, 1.807) is 6.07 Å². The number of carbonyl (C=O) groups excluding carboxylic acids is 1. The summed E-state index contributed by atoms with van der Waals surface area (Å²) in [7, 11) is 0. The Labute approximate surface area is 127 Å². The highest BCUT2D eigenvalue weighted by atomic mass is 16.6. The lowest BCUT2D eigenvalue weighted by atomic mass is 10.1. The van der Waals surface area contributed by atoms with Gasteiger partial charge in [0.25, 0.3) is 0 Å². The molecule has 4 heteroatoms. The molecule has 0 unspecified atom stereocenters. The summed E-state index contributed by atoms with van der Waals surface area (Å²) in [4.78, 5) is 11.9. The van der Waals surface area contributed by atoms with Crippen LogP contribution in [0.3, 0.4) is 0 Å². The Bertz CT molecular complexity index is 501. The number of hydrogen-bond donors (Lipinski definition) is 1. The number of amides is 1. The topological polar surface area (TPSA) is 47.6 Å². The molecule has 116 valence electrons. The van der Waals surface area contributed by atoms with Gasteiger partial charge in [-0.05, 0) is 38.8 Å². The molecule has 0 fully saturated rings. The van der Waals surface area contributed by atoms with E-state index in [9.17, 15) is 4.79 Å². The maximum absolute atomic E-state index is 11.9. The van der Waals surface area contributed by atoms with Gasteiger partial charge in [0.05, 0.1) is 12.3 Å². The first-order valence-corrected chi connectivity index (χ1v) is 7.10. The summed E-state index contributed by atoms with van der Waals surface area (Å²) >= 11 is 0. The Morgan fingerprint density at radius 3 is 2.48 bits per heavy atom. The molecular formula is C17H25NO3. The molecule has 0 spiro atoms. The number of nitrogens with one attached hydrogen (secondary N) is 1. The largest absolute Gasteiger partial charge is 0.493 e. The lowest BCUT2D eigenvalue weighted by Gasteiger charge is -2.21. The third-order valence-corrected chi connectivity index (χ3v) is 2.45. The number of para-hydroxylation sites is 1. The van der Waals surface area contributed by atoms with Crippen LogP contribution in [0.15, 0.2) is 30.8 Å². The van der Waals surface area contributed by atoms with Gasteiger partial charge >= 0.3 is 6.09 Å². The smallest absolute Gasteiger partial charge is 0.412 e. The van der Waals surface area contributed by atoms with E-state index in [0.29, 0.717) is 24.0 Å². The van der Waals surface area contributed by atoms with Crippen molar-refractivity contribution in [2.24, 2.45) is 5.92 Å². The van der Waals surface area contributed by atoms with Crippen molar-refractivity contribution in [3.8, 4) is 0 Å². The van der Waals surface area contributed by atoms with Crippen molar-refractivity contribution in [1.82, 2.24) is 0 Å². The van der Waals surface area contributed by atoms with Crippen LogP contribution in [0, 0.1) is 5.92 Å². The summed E-state index contributed by atoms with van der Waals surface area (Å²) in [6, 6.07) is 7.37. The summed E-state index contributed by atoms with van der Waals surface area (Å²) in [5.74, 6) is 0.947. The third-order valence-electron chi connectivity index (χ3n) is 2.45. The Hall–Kier alpha value is -1.97. The SMILES string of the molecule is C=C(OCC(C)C)c1ccccc1NC(=O)OC(C)(C)C. The molecule has 0 saturated heterocycles. The fourth-order valence-corrected chi connectivity index (χ4v) is 1.59. The number of carbonyl (C=O) groups is 1. The van der Waals surface area contributed by atoms with Crippen LogP contribution < -0.4 is 5.32 Å². The lowest BCUT2D eigenvalue weighted by molar-refractivity contribution is 0.0636. The number of benzene rings is 1. The zero-order valence-electron chi connectivity index (χ0n) is 13.5.